The molecular formula is C12H19BrN2O. The van der Waals surface area contributed by atoms with Gasteiger partial charge >= 0.3 is 0 Å². The van der Waals surface area contributed by atoms with Crippen LogP contribution in [-0.4, -0.2) is 31.3 Å². The lowest BCUT2D eigenvalue weighted by Gasteiger charge is -2.19. The zero-order chi connectivity index (χ0) is 12.0. The standard InChI is InChI=1S/C12H19BrN2O/c1-9(16-3)6-12(14-2)7-11-5-4-10(13)8-15-11/h4-5,8-9,12,14H,6-7H2,1-3H3. The number of aromatic nitrogens is 1. The number of ether oxygens (including phenoxy) is 1. The van der Waals surface area contributed by atoms with Crippen LogP contribution in [0.4, 0.5) is 0 Å². The zero-order valence-electron chi connectivity index (χ0n) is 10.0. The number of hydrogen-bond donors (Lipinski definition) is 1. The summed E-state index contributed by atoms with van der Waals surface area (Å²) in [6.45, 7) is 2.08. The Morgan fingerprint density at radius 2 is 2.25 bits per heavy atom. The Labute approximate surface area is 106 Å². The van der Waals surface area contributed by atoms with E-state index in [9.17, 15) is 0 Å². The maximum Gasteiger partial charge on any atom is 0.0558 e. The quantitative estimate of drug-likeness (QED) is 0.872. The number of hydrogen-bond acceptors (Lipinski definition) is 3. The Bertz CT molecular complexity index is 302. The molecule has 0 aliphatic heterocycles. The predicted octanol–water partition coefficient (Wildman–Crippen LogP) is 2.40. The summed E-state index contributed by atoms with van der Waals surface area (Å²) in [5.41, 5.74) is 1.10. The minimum absolute atomic E-state index is 0.271. The normalized spacial score (nSPS) is 14.8. The van der Waals surface area contributed by atoms with Crippen molar-refractivity contribution in [1.29, 1.82) is 0 Å². The monoisotopic (exact) mass is 286 g/mol. The van der Waals surface area contributed by atoms with Gasteiger partial charge in [0, 0.05) is 35.9 Å². The second-order valence-electron chi connectivity index (χ2n) is 3.94. The Hall–Kier alpha value is -0.450. The van der Waals surface area contributed by atoms with Crippen LogP contribution in [0.2, 0.25) is 0 Å². The van der Waals surface area contributed by atoms with Crippen LogP contribution in [0, 0.1) is 0 Å². The molecule has 0 spiro atoms. The van der Waals surface area contributed by atoms with E-state index in [-0.39, 0.29) is 6.10 Å². The Morgan fingerprint density at radius 3 is 2.75 bits per heavy atom. The maximum atomic E-state index is 5.27. The molecule has 0 aliphatic carbocycles. The molecule has 0 amide bonds. The van der Waals surface area contributed by atoms with Gasteiger partial charge in [0.2, 0.25) is 0 Å². The van der Waals surface area contributed by atoms with Gasteiger partial charge in [-0.2, -0.15) is 0 Å². The molecular weight excluding hydrogens is 268 g/mol. The molecule has 4 heteroatoms. The largest absolute Gasteiger partial charge is 0.382 e. The Kier molecular flexibility index (Phi) is 5.95. The van der Waals surface area contributed by atoms with E-state index in [0.29, 0.717) is 6.04 Å². The molecule has 0 saturated heterocycles. The highest BCUT2D eigenvalue weighted by Gasteiger charge is 2.12. The molecule has 90 valence electrons. The van der Waals surface area contributed by atoms with E-state index in [0.717, 1.165) is 23.0 Å². The lowest BCUT2D eigenvalue weighted by molar-refractivity contribution is 0.101. The van der Waals surface area contributed by atoms with Gasteiger partial charge in [0.15, 0.2) is 0 Å². The first kappa shape index (κ1) is 13.6. The maximum absolute atomic E-state index is 5.27. The Balaban J connectivity index is 2.52. The van der Waals surface area contributed by atoms with Crippen molar-refractivity contribution in [2.24, 2.45) is 0 Å². The summed E-state index contributed by atoms with van der Waals surface area (Å²) < 4.78 is 6.29. The molecule has 0 aliphatic rings. The van der Waals surface area contributed by atoms with E-state index < -0.39 is 0 Å². The van der Waals surface area contributed by atoms with Gasteiger partial charge < -0.3 is 10.1 Å². The highest BCUT2D eigenvalue weighted by atomic mass is 79.9. The first-order valence-corrected chi connectivity index (χ1v) is 6.25. The van der Waals surface area contributed by atoms with Crippen molar-refractivity contribution in [3.8, 4) is 0 Å². The molecule has 0 radical (unpaired) electrons. The van der Waals surface area contributed by atoms with Gasteiger partial charge in [-0.1, -0.05) is 0 Å². The highest BCUT2D eigenvalue weighted by Crippen LogP contribution is 2.11. The summed E-state index contributed by atoms with van der Waals surface area (Å²) in [7, 11) is 3.72. The van der Waals surface area contributed by atoms with Crippen molar-refractivity contribution in [1.82, 2.24) is 10.3 Å². The van der Waals surface area contributed by atoms with Gasteiger partial charge in [-0.15, -0.1) is 0 Å². The number of methoxy groups -OCH3 is 1. The first-order chi connectivity index (χ1) is 7.65. The molecule has 16 heavy (non-hydrogen) atoms. The summed E-state index contributed by atoms with van der Waals surface area (Å²) in [5, 5.41) is 3.30. The Morgan fingerprint density at radius 1 is 1.50 bits per heavy atom. The van der Waals surface area contributed by atoms with E-state index in [1.807, 2.05) is 25.4 Å². The molecule has 0 bridgehead atoms. The van der Waals surface area contributed by atoms with E-state index in [4.69, 9.17) is 4.74 Å². The lowest BCUT2D eigenvalue weighted by Crippen LogP contribution is -2.31. The molecule has 1 heterocycles. The van der Waals surface area contributed by atoms with Crippen molar-refractivity contribution in [3.63, 3.8) is 0 Å². The molecule has 2 atom stereocenters. The third-order valence-electron chi connectivity index (χ3n) is 2.67. The first-order valence-electron chi connectivity index (χ1n) is 5.46. The van der Waals surface area contributed by atoms with Crippen LogP contribution in [0.3, 0.4) is 0 Å². The summed E-state index contributed by atoms with van der Waals surface area (Å²) in [5.74, 6) is 0. The highest BCUT2D eigenvalue weighted by molar-refractivity contribution is 9.10. The van der Waals surface area contributed by atoms with E-state index >= 15 is 0 Å². The number of nitrogens with one attached hydrogen (secondary N) is 1. The van der Waals surface area contributed by atoms with Crippen molar-refractivity contribution in [2.45, 2.75) is 31.9 Å². The van der Waals surface area contributed by atoms with Crippen LogP contribution in [0.5, 0.6) is 0 Å². The smallest absolute Gasteiger partial charge is 0.0558 e. The van der Waals surface area contributed by atoms with Crippen LogP contribution in [0.1, 0.15) is 19.0 Å². The summed E-state index contributed by atoms with van der Waals surface area (Å²) in [6.07, 6.45) is 4.03. The second-order valence-corrected chi connectivity index (χ2v) is 4.86. The zero-order valence-corrected chi connectivity index (χ0v) is 11.6. The van der Waals surface area contributed by atoms with Gasteiger partial charge in [-0.25, -0.2) is 0 Å². The minimum Gasteiger partial charge on any atom is -0.382 e. The van der Waals surface area contributed by atoms with E-state index in [2.05, 4.69) is 33.2 Å². The van der Waals surface area contributed by atoms with Crippen LogP contribution in [0.25, 0.3) is 0 Å². The van der Waals surface area contributed by atoms with Crippen LogP contribution < -0.4 is 5.32 Å². The average molecular weight is 287 g/mol. The fraction of sp³-hybridized carbons (Fsp3) is 0.583. The average Bonchev–Trinajstić information content (AvgIpc) is 2.30. The van der Waals surface area contributed by atoms with Crippen LogP contribution >= 0.6 is 15.9 Å². The molecule has 0 aromatic carbocycles. The van der Waals surface area contributed by atoms with Gasteiger partial charge in [0.1, 0.15) is 0 Å². The van der Waals surface area contributed by atoms with Crippen molar-refractivity contribution < 1.29 is 4.74 Å². The van der Waals surface area contributed by atoms with Crippen LogP contribution in [0.15, 0.2) is 22.8 Å². The third-order valence-corrected chi connectivity index (χ3v) is 3.14. The summed E-state index contributed by atoms with van der Waals surface area (Å²) >= 11 is 3.38. The van der Waals surface area contributed by atoms with E-state index in [1.54, 1.807) is 7.11 Å². The third kappa shape index (κ3) is 4.60. The second kappa shape index (κ2) is 6.99. The summed E-state index contributed by atoms with van der Waals surface area (Å²) in [4.78, 5) is 4.37. The SMILES string of the molecule is CNC(Cc1ccc(Br)cn1)CC(C)OC. The fourth-order valence-corrected chi connectivity index (χ4v) is 1.81. The molecule has 0 fully saturated rings. The van der Waals surface area contributed by atoms with Gasteiger partial charge in [0.05, 0.1) is 6.10 Å². The van der Waals surface area contributed by atoms with E-state index in [1.165, 1.54) is 0 Å². The van der Waals surface area contributed by atoms with Gasteiger partial charge in [0.25, 0.3) is 0 Å². The number of nitrogens with zero attached hydrogens (tertiary/aromatic N) is 1. The summed E-state index contributed by atoms with van der Waals surface area (Å²) in [6, 6.07) is 4.48. The minimum atomic E-state index is 0.271. The van der Waals surface area contributed by atoms with Crippen molar-refractivity contribution >= 4 is 15.9 Å². The molecule has 1 N–H and O–H groups in total. The van der Waals surface area contributed by atoms with Crippen molar-refractivity contribution in [3.05, 3.63) is 28.5 Å². The molecule has 1 aromatic rings. The molecule has 0 saturated carbocycles. The number of likely N-dealkylation sites (N-methyl/N-ethyl adjacent to an activating group) is 1. The van der Waals surface area contributed by atoms with Gasteiger partial charge in [-0.3, -0.25) is 4.98 Å². The fourth-order valence-electron chi connectivity index (χ4n) is 1.58. The van der Waals surface area contributed by atoms with Crippen LogP contribution in [-0.2, 0) is 11.2 Å². The molecule has 2 unspecified atom stereocenters. The molecule has 1 rings (SSSR count). The number of halogens is 1. The lowest BCUT2D eigenvalue weighted by atomic mass is 10.0. The molecule has 1 aromatic heterocycles. The topological polar surface area (TPSA) is 34.2 Å². The molecule has 3 nitrogen and oxygen atoms in total. The van der Waals surface area contributed by atoms with Gasteiger partial charge in [-0.05, 0) is 48.5 Å². The number of pyridine rings is 1. The number of rotatable bonds is 6. The van der Waals surface area contributed by atoms with Crippen molar-refractivity contribution in [2.75, 3.05) is 14.2 Å². The predicted molar refractivity (Wildman–Crippen MR) is 69.6 cm³/mol.